The Balaban J connectivity index is 1.47. The summed E-state index contributed by atoms with van der Waals surface area (Å²) in [6.45, 7) is 5.68. The van der Waals surface area contributed by atoms with Gasteiger partial charge in [-0.15, -0.1) is 0 Å². The van der Waals surface area contributed by atoms with E-state index in [9.17, 15) is 9.59 Å². The number of likely N-dealkylation sites (tertiary alicyclic amines) is 1. The molecular weight excluding hydrogens is 336 g/mol. The van der Waals surface area contributed by atoms with Gasteiger partial charge in [-0.1, -0.05) is 56.3 Å². The smallest absolute Gasteiger partial charge is 0.251 e. The molecule has 0 radical (unpaired) electrons. The van der Waals surface area contributed by atoms with Gasteiger partial charge in [-0.3, -0.25) is 9.59 Å². The van der Waals surface area contributed by atoms with Gasteiger partial charge < -0.3 is 10.2 Å². The molecule has 1 saturated heterocycles. The molecule has 0 aliphatic carbocycles. The Labute approximate surface area is 161 Å². The molecule has 0 spiro atoms. The molecule has 0 aromatic heterocycles. The van der Waals surface area contributed by atoms with E-state index in [0.29, 0.717) is 31.0 Å². The van der Waals surface area contributed by atoms with E-state index < -0.39 is 0 Å². The van der Waals surface area contributed by atoms with Crippen molar-refractivity contribution in [2.24, 2.45) is 0 Å². The van der Waals surface area contributed by atoms with Crippen LogP contribution in [0.4, 0.5) is 0 Å². The third-order valence-corrected chi connectivity index (χ3v) is 5.22. The number of piperidine rings is 1. The van der Waals surface area contributed by atoms with Crippen molar-refractivity contribution in [2.75, 3.05) is 13.1 Å². The molecule has 1 aliphatic heterocycles. The molecular formula is C23H28N2O2. The molecule has 0 saturated carbocycles. The third-order valence-electron chi connectivity index (χ3n) is 5.22. The lowest BCUT2D eigenvalue weighted by molar-refractivity contribution is -0.131. The molecule has 3 rings (SSSR count). The van der Waals surface area contributed by atoms with Gasteiger partial charge in [0.25, 0.3) is 5.91 Å². The standard InChI is InChI=1S/C23H28N2O2/c1-17(2)19-8-10-20(11-9-19)23(27)24-21-12-14-25(15-13-21)22(26)16-18-6-4-3-5-7-18/h3-11,17,21H,12-16H2,1-2H3,(H,24,27). The van der Waals surface area contributed by atoms with E-state index in [-0.39, 0.29) is 17.9 Å². The lowest BCUT2D eigenvalue weighted by Crippen LogP contribution is -2.47. The summed E-state index contributed by atoms with van der Waals surface area (Å²) in [7, 11) is 0. The Morgan fingerprint density at radius 3 is 2.22 bits per heavy atom. The fourth-order valence-corrected chi connectivity index (χ4v) is 3.44. The minimum Gasteiger partial charge on any atom is -0.349 e. The van der Waals surface area contributed by atoms with E-state index in [1.54, 1.807) is 0 Å². The Bertz CT molecular complexity index is 761. The van der Waals surface area contributed by atoms with Crippen LogP contribution in [0, 0.1) is 0 Å². The molecule has 1 heterocycles. The lowest BCUT2D eigenvalue weighted by atomic mass is 10.0. The van der Waals surface area contributed by atoms with Gasteiger partial charge in [0.15, 0.2) is 0 Å². The predicted octanol–water partition coefficient (Wildman–Crippen LogP) is 3.77. The van der Waals surface area contributed by atoms with Crippen molar-refractivity contribution in [1.82, 2.24) is 10.2 Å². The van der Waals surface area contributed by atoms with E-state index in [0.717, 1.165) is 18.4 Å². The van der Waals surface area contributed by atoms with Crippen molar-refractivity contribution in [3.05, 3.63) is 71.3 Å². The first kappa shape index (κ1) is 19.2. The molecule has 4 nitrogen and oxygen atoms in total. The van der Waals surface area contributed by atoms with E-state index in [2.05, 4.69) is 19.2 Å². The molecule has 0 unspecified atom stereocenters. The van der Waals surface area contributed by atoms with Crippen molar-refractivity contribution >= 4 is 11.8 Å². The zero-order valence-electron chi connectivity index (χ0n) is 16.2. The minimum atomic E-state index is -0.0284. The zero-order valence-corrected chi connectivity index (χ0v) is 16.2. The van der Waals surface area contributed by atoms with Gasteiger partial charge in [0.1, 0.15) is 0 Å². The molecule has 1 N–H and O–H groups in total. The fraction of sp³-hybridized carbons (Fsp3) is 0.391. The van der Waals surface area contributed by atoms with Crippen molar-refractivity contribution in [3.8, 4) is 0 Å². The molecule has 0 bridgehead atoms. The molecule has 142 valence electrons. The summed E-state index contributed by atoms with van der Waals surface area (Å²) in [5.41, 5.74) is 2.97. The number of nitrogens with one attached hydrogen (secondary N) is 1. The van der Waals surface area contributed by atoms with Gasteiger partial charge in [-0.2, -0.15) is 0 Å². The van der Waals surface area contributed by atoms with Crippen molar-refractivity contribution in [1.29, 1.82) is 0 Å². The maximum atomic E-state index is 12.5. The molecule has 1 fully saturated rings. The highest BCUT2D eigenvalue weighted by Crippen LogP contribution is 2.16. The number of benzene rings is 2. The average molecular weight is 364 g/mol. The molecule has 4 heteroatoms. The summed E-state index contributed by atoms with van der Waals surface area (Å²) >= 11 is 0. The van der Waals surface area contributed by atoms with Crippen LogP contribution >= 0.6 is 0 Å². The Morgan fingerprint density at radius 2 is 1.63 bits per heavy atom. The highest BCUT2D eigenvalue weighted by atomic mass is 16.2. The first-order chi connectivity index (χ1) is 13.0. The molecule has 27 heavy (non-hydrogen) atoms. The molecule has 2 aromatic rings. The van der Waals surface area contributed by atoms with Gasteiger partial charge in [-0.05, 0) is 42.0 Å². The number of hydrogen-bond acceptors (Lipinski definition) is 2. The van der Waals surface area contributed by atoms with Crippen LogP contribution in [0.2, 0.25) is 0 Å². The first-order valence-corrected chi connectivity index (χ1v) is 9.75. The predicted molar refractivity (Wildman–Crippen MR) is 108 cm³/mol. The SMILES string of the molecule is CC(C)c1ccc(C(=O)NC2CCN(C(=O)Cc3ccccc3)CC2)cc1. The number of amides is 2. The summed E-state index contributed by atoms with van der Waals surface area (Å²) in [5.74, 6) is 0.592. The van der Waals surface area contributed by atoms with Crippen molar-refractivity contribution < 1.29 is 9.59 Å². The summed E-state index contributed by atoms with van der Waals surface area (Å²) in [4.78, 5) is 26.8. The Kier molecular flexibility index (Phi) is 6.28. The van der Waals surface area contributed by atoms with Crippen LogP contribution in [0.1, 0.15) is 54.1 Å². The van der Waals surface area contributed by atoms with Crippen LogP contribution in [0.25, 0.3) is 0 Å². The number of rotatable bonds is 5. The van der Waals surface area contributed by atoms with Crippen LogP contribution < -0.4 is 5.32 Å². The zero-order chi connectivity index (χ0) is 19.2. The summed E-state index contributed by atoms with van der Waals surface area (Å²) in [6, 6.07) is 17.8. The Morgan fingerprint density at radius 1 is 1.00 bits per heavy atom. The minimum absolute atomic E-state index is 0.0284. The molecule has 0 atom stereocenters. The average Bonchev–Trinajstić information content (AvgIpc) is 2.69. The highest BCUT2D eigenvalue weighted by molar-refractivity contribution is 5.94. The molecule has 2 amide bonds. The number of carbonyl (C=O) groups is 2. The van der Waals surface area contributed by atoms with Gasteiger partial charge in [-0.25, -0.2) is 0 Å². The van der Waals surface area contributed by atoms with E-state index in [1.165, 1.54) is 5.56 Å². The Hall–Kier alpha value is -2.62. The van der Waals surface area contributed by atoms with E-state index in [1.807, 2.05) is 59.5 Å². The van der Waals surface area contributed by atoms with Crippen LogP contribution in [-0.4, -0.2) is 35.8 Å². The normalized spacial score (nSPS) is 15.0. The van der Waals surface area contributed by atoms with Crippen LogP contribution in [0.15, 0.2) is 54.6 Å². The van der Waals surface area contributed by atoms with Crippen LogP contribution in [0.3, 0.4) is 0 Å². The topological polar surface area (TPSA) is 49.4 Å². The van der Waals surface area contributed by atoms with Gasteiger partial charge in [0, 0.05) is 24.7 Å². The van der Waals surface area contributed by atoms with E-state index in [4.69, 9.17) is 0 Å². The first-order valence-electron chi connectivity index (χ1n) is 9.75. The van der Waals surface area contributed by atoms with Gasteiger partial charge >= 0.3 is 0 Å². The molecule has 1 aliphatic rings. The van der Waals surface area contributed by atoms with Crippen molar-refractivity contribution in [2.45, 2.75) is 45.1 Å². The second-order valence-electron chi connectivity index (χ2n) is 7.57. The fourth-order valence-electron chi connectivity index (χ4n) is 3.44. The van der Waals surface area contributed by atoms with Crippen LogP contribution in [-0.2, 0) is 11.2 Å². The largest absolute Gasteiger partial charge is 0.349 e. The quantitative estimate of drug-likeness (QED) is 0.878. The number of nitrogens with zero attached hydrogens (tertiary/aromatic N) is 1. The maximum Gasteiger partial charge on any atom is 0.251 e. The summed E-state index contributed by atoms with van der Waals surface area (Å²) in [5, 5.41) is 3.12. The monoisotopic (exact) mass is 364 g/mol. The van der Waals surface area contributed by atoms with Gasteiger partial charge in [0.05, 0.1) is 6.42 Å². The molecule has 2 aromatic carbocycles. The summed E-state index contributed by atoms with van der Waals surface area (Å²) in [6.07, 6.45) is 2.05. The van der Waals surface area contributed by atoms with Crippen LogP contribution in [0.5, 0.6) is 0 Å². The highest BCUT2D eigenvalue weighted by Gasteiger charge is 2.24. The second-order valence-corrected chi connectivity index (χ2v) is 7.57. The summed E-state index contributed by atoms with van der Waals surface area (Å²) < 4.78 is 0. The lowest BCUT2D eigenvalue weighted by Gasteiger charge is -2.32. The second kappa shape index (κ2) is 8.85. The number of carbonyl (C=O) groups excluding carboxylic acids is 2. The maximum absolute atomic E-state index is 12.5. The third kappa shape index (κ3) is 5.19. The van der Waals surface area contributed by atoms with Gasteiger partial charge in [0.2, 0.25) is 5.91 Å². The number of hydrogen-bond donors (Lipinski definition) is 1. The van der Waals surface area contributed by atoms with E-state index >= 15 is 0 Å². The van der Waals surface area contributed by atoms with Crippen molar-refractivity contribution in [3.63, 3.8) is 0 Å².